The molecular formula is C18H27NO2. The number of nitrogens with one attached hydrogen (secondary N) is 1. The number of rotatable bonds is 5. The zero-order chi connectivity index (χ0) is 14.7. The molecule has 2 aliphatic carbocycles. The maximum absolute atomic E-state index is 9.99. The van der Waals surface area contributed by atoms with Crippen LogP contribution in [-0.4, -0.2) is 23.9 Å². The maximum atomic E-state index is 9.99. The summed E-state index contributed by atoms with van der Waals surface area (Å²) in [5, 5.41) is 13.6. The zero-order valence-electron chi connectivity index (χ0n) is 13.0. The van der Waals surface area contributed by atoms with Gasteiger partial charge in [0.05, 0.1) is 6.10 Å². The third-order valence-corrected chi connectivity index (χ3v) is 4.80. The Labute approximate surface area is 127 Å². The van der Waals surface area contributed by atoms with Gasteiger partial charge in [0.25, 0.3) is 0 Å². The summed E-state index contributed by atoms with van der Waals surface area (Å²) in [6, 6.07) is 6.87. The monoisotopic (exact) mass is 289 g/mol. The summed E-state index contributed by atoms with van der Waals surface area (Å²) in [4.78, 5) is 0. The molecule has 1 aromatic carbocycles. The molecule has 3 rings (SSSR count). The summed E-state index contributed by atoms with van der Waals surface area (Å²) in [5.74, 6) is 1.00. The van der Waals surface area contributed by atoms with Crippen LogP contribution in [0.3, 0.4) is 0 Å². The first kappa shape index (κ1) is 14.9. The van der Waals surface area contributed by atoms with Gasteiger partial charge in [-0.2, -0.15) is 0 Å². The van der Waals surface area contributed by atoms with Gasteiger partial charge in [-0.1, -0.05) is 19.1 Å². The van der Waals surface area contributed by atoms with E-state index in [9.17, 15) is 5.11 Å². The van der Waals surface area contributed by atoms with Crippen LogP contribution in [0, 0.1) is 0 Å². The van der Waals surface area contributed by atoms with E-state index in [1.54, 1.807) is 0 Å². The van der Waals surface area contributed by atoms with E-state index < -0.39 is 0 Å². The second kappa shape index (κ2) is 6.80. The van der Waals surface area contributed by atoms with Crippen molar-refractivity contribution in [1.82, 2.24) is 5.32 Å². The quantitative estimate of drug-likeness (QED) is 0.873. The van der Waals surface area contributed by atoms with Gasteiger partial charge in [-0.25, -0.2) is 0 Å². The van der Waals surface area contributed by atoms with Crippen LogP contribution < -0.4 is 10.1 Å². The first-order chi connectivity index (χ1) is 10.3. The molecule has 3 unspecified atom stereocenters. The molecule has 1 fully saturated rings. The molecule has 2 N–H and O–H groups in total. The fourth-order valence-corrected chi connectivity index (χ4v) is 3.66. The Morgan fingerprint density at radius 3 is 2.90 bits per heavy atom. The molecular weight excluding hydrogens is 262 g/mol. The van der Waals surface area contributed by atoms with Gasteiger partial charge in [0.2, 0.25) is 0 Å². The van der Waals surface area contributed by atoms with Gasteiger partial charge in [0, 0.05) is 6.04 Å². The smallest absolute Gasteiger partial charge is 0.124 e. The van der Waals surface area contributed by atoms with Gasteiger partial charge in [-0.15, -0.1) is 0 Å². The maximum Gasteiger partial charge on any atom is 0.124 e. The average Bonchev–Trinajstić information content (AvgIpc) is 2.91. The van der Waals surface area contributed by atoms with Gasteiger partial charge < -0.3 is 15.2 Å². The van der Waals surface area contributed by atoms with Crippen LogP contribution in [0.25, 0.3) is 0 Å². The van der Waals surface area contributed by atoms with Crippen molar-refractivity contribution in [3.05, 3.63) is 29.3 Å². The van der Waals surface area contributed by atoms with Crippen molar-refractivity contribution in [3.8, 4) is 5.75 Å². The number of hydrogen-bond donors (Lipinski definition) is 2. The Bertz CT molecular complexity index is 474. The molecule has 2 aliphatic rings. The first-order valence-corrected chi connectivity index (χ1v) is 8.49. The number of hydrogen-bond acceptors (Lipinski definition) is 3. The van der Waals surface area contributed by atoms with E-state index in [1.165, 1.54) is 24.0 Å². The number of benzene rings is 1. The van der Waals surface area contributed by atoms with E-state index in [0.29, 0.717) is 6.04 Å². The Balaban J connectivity index is 1.79. The molecule has 0 aromatic heterocycles. The molecule has 0 heterocycles. The predicted octanol–water partition coefficient (Wildman–Crippen LogP) is 3.36. The Morgan fingerprint density at radius 2 is 2.14 bits per heavy atom. The molecule has 3 atom stereocenters. The molecule has 0 spiro atoms. The van der Waals surface area contributed by atoms with Crippen molar-refractivity contribution in [2.24, 2.45) is 0 Å². The molecule has 3 heteroatoms. The average molecular weight is 289 g/mol. The predicted molar refractivity (Wildman–Crippen MR) is 84.7 cm³/mol. The summed E-state index contributed by atoms with van der Waals surface area (Å²) in [6.45, 7) is 3.27. The lowest BCUT2D eigenvalue weighted by Gasteiger charge is -2.29. The Morgan fingerprint density at radius 1 is 1.24 bits per heavy atom. The third-order valence-electron chi connectivity index (χ3n) is 4.80. The van der Waals surface area contributed by atoms with Crippen molar-refractivity contribution in [2.75, 3.05) is 6.54 Å². The van der Waals surface area contributed by atoms with Gasteiger partial charge in [0.1, 0.15) is 11.9 Å². The SMILES string of the molecule is CCCNC1CCCc2c(OC3CCCC3O)cccc21. The normalized spacial score (nSPS) is 28.4. The van der Waals surface area contributed by atoms with E-state index in [-0.39, 0.29) is 12.2 Å². The Kier molecular flexibility index (Phi) is 4.81. The molecule has 3 nitrogen and oxygen atoms in total. The van der Waals surface area contributed by atoms with Gasteiger partial charge in [-0.05, 0) is 68.7 Å². The molecule has 0 radical (unpaired) electrons. The van der Waals surface area contributed by atoms with Crippen LogP contribution in [0.2, 0.25) is 0 Å². The molecule has 116 valence electrons. The minimum atomic E-state index is -0.293. The molecule has 1 saturated carbocycles. The van der Waals surface area contributed by atoms with Crippen LogP contribution in [0.1, 0.15) is 62.6 Å². The van der Waals surface area contributed by atoms with Crippen LogP contribution >= 0.6 is 0 Å². The highest BCUT2D eigenvalue weighted by molar-refractivity contribution is 5.43. The van der Waals surface area contributed by atoms with Crippen molar-refractivity contribution in [3.63, 3.8) is 0 Å². The summed E-state index contributed by atoms with van der Waals surface area (Å²) in [5.41, 5.74) is 2.76. The second-order valence-electron chi connectivity index (χ2n) is 6.38. The molecule has 0 aliphatic heterocycles. The third kappa shape index (κ3) is 3.24. The van der Waals surface area contributed by atoms with Crippen LogP contribution in [0.4, 0.5) is 0 Å². The van der Waals surface area contributed by atoms with Gasteiger partial charge in [-0.3, -0.25) is 0 Å². The Hall–Kier alpha value is -1.06. The molecule has 0 bridgehead atoms. The van der Waals surface area contributed by atoms with E-state index in [2.05, 4.69) is 30.4 Å². The van der Waals surface area contributed by atoms with Crippen LogP contribution in [-0.2, 0) is 6.42 Å². The van der Waals surface area contributed by atoms with E-state index >= 15 is 0 Å². The summed E-state index contributed by atoms with van der Waals surface area (Å²) < 4.78 is 6.16. The lowest BCUT2D eigenvalue weighted by atomic mass is 9.87. The standard InChI is InChI=1S/C18H27NO2/c1-2-12-19-15-8-3-7-14-13(15)6-4-10-17(14)21-18-11-5-9-16(18)20/h4,6,10,15-16,18-20H,2-3,5,7-9,11-12H2,1H3. The highest BCUT2D eigenvalue weighted by Crippen LogP contribution is 2.37. The zero-order valence-corrected chi connectivity index (χ0v) is 13.0. The van der Waals surface area contributed by atoms with Crippen LogP contribution in [0.5, 0.6) is 5.75 Å². The van der Waals surface area contributed by atoms with Crippen molar-refractivity contribution < 1.29 is 9.84 Å². The fourth-order valence-electron chi connectivity index (χ4n) is 3.66. The topological polar surface area (TPSA) is 41.5 Å². The molecule has 0 amide bonds. The number of aliphatic hydroxyl groups is 1. The first-order valence-electron chi connectivity index (χ1n) is 8.49. The largest absolute Gasteiger partial charge is 0.487 e. The molecule has 21 heavy (non-hydrogen) atoms. The number of fused-ring (bicyclic) bond motifs is 1. The van der Waals surface area contributed by atoms with Gasteiger partial charge >= 0.3 is 0 Å². The summed E-state index contributed by atoms with van der Waals surface area (Å²) in [7, 11) is 0. The number of ether oxygens (including phenoxy) is 1. The van der Waals surface area contributed by atoms with E-state index in [0.717, 1.165) is 44.4 Å². The summed E-state index contributed by atoms with van der Waals surface area (Å²) in [6.07, 6.45) is 7.29. The molecule has 0 saturated heterocycles. The van der Waals surface area contributed by atoms with E-state index in [1.807, 2.05) is 0 Å². The van der Waals surface area contributed by atoms with Crippen molar-refractivity contribution in [2.45, 2.75) is 70.1 Å². The van der Waals surface area contributed by atoms with Crippen molar-refractivity contribution in [1.29, 1.82) is 0 Å². The molecule has 1 aromatic rings. The number of aliphatic hydroxyl groups excluding tert-OH is 1. The lowest BCUT2D eigenvalue weighted by molar-refractivity contribution is 0.0595. The lowest BCUT2D eigenvalue weighted by Crippen LogP contribution is -2.28. The van der Waals surface area contributed by atoms with E-state index in [4.69, 9.17) is 4.74 Å². The van der Waals surface area contributed by atoms with Crippen LogP contribution in [0.15, 0.2) is 18.2 Å². The van der Waals surface area contributed by atoms with Crippen molar-refractivity contribution >= 4 is 0 Å². The minimum absolute atomic E-state index is 0.0134. The minimum Gasteiger partial charge on any atom is -0.487 e. The fraction of sp³-hybridized carbons (Fsp3) is 0.667. The second-order valence-corrected chi connectivity index (χ2v) is 6.38. The highest BCUT2D eigenvalue weighted by Gasteiger charge is 2.29. The van der Waals surface area contributed by atoms with Gasteiger partial charge in [0.15, 0.2) is 0 Å². The summed E-state index contributed by atoms with van der Waals surface area (Å²) >= 11 is 0. The highest BCUT2D eigenvalue weighted by atomic mass is 16.5.